The molecule has 1 atom stereocenters. The molecule has 7 nitrogen and oxygen atoms in total. The summed E-state index contributed by atoms with van der Waals surface area (Å²) in [6, 6.07) is 6.01. The maximum absolute atomic E-state index is 13.3. The number of carbonyl (C=O) groups excluding carboxylic acids is 2. The third-order valence-electron chi connectivity index (χ3n) is 4.94. The van der Waals surface area contributed by atoms with Gasteiger partial charge in [0, 0.05) is 30.2 Å². The van der Waals surface area contributed by atoms with Crippen LogP contribution in [0.3, 0.4) is 0 Å². The summed E-state index contributed by atoms with van der Waals surface area (Å²) in [6.45, 7) is 2.97. The van der Waals surface area contributed by atoms with Crippen LogP contribution in [0.4, 0.5) is 15.0 Å². The minimum Gasteiger partial charge on any atom is -0.450 e. The highest BCUT2D eigenvalue weighted by Crippen LogP contribution is 2.31. The van der Waals surface area contributed by atoms with Crippen LogP contribution in [0.15, 0.2) is 35.8 Å². The molecule has 2 aromatic heterocycles. The summed E-state index contributed by atoms with van der Waals surface area (Å²) in [5, 5.41) is 4.87. The Bertz CT molecular complexity index is 1030. The summed E-state index contributed by atoms with van der Waals surface area (Å²) in [6.07, 6.45) is 2.88. The van der Waals surface area contributed by atoms with Crippen molar-refractivity contribution in [3.63, 3.8) is 0 Å². The average molecular weight is 416 g/mol. The monoisotopic (exact) mass is 416 g/mol. The van der Waals surface area contributed by atoms with Gasteiger partial charge in [0.2, 0.25) is 5.91 Å². The molecule has 1 fully saturated rings. The predicted octanol–water partition coefficient (Wildman–Crippen LogP) is 4.01. The molecule has 1 aliphatic heterocycles. The van der Waals surface area contributed by atoms with Gasteiger partial charge in [0.25, 0.3) is 0 Å². The Balaban J connectivity index is 1.58. The molecule has 2 amide bonds. The van der Waals surface area contributed by atoms with E-state index in [0.717, 1.165) is 16.9 Å². The smallest absolute Gasteiger partial charge is 0.409 e. The molecular formula is C20H21FN4O3S. The van der Waals surface area contributed by atoms with E-state index in [1.165, 1.54) is 23.5 Å². The molecule has 1 saturated heterocycles. The second kappa shape index (κ2) is 8.20. The Morgan fingerprint density at radius 1 is 1.34 bits per heavy atom. The molecule has 0 aliphatic carbocycles. The summed E-state index contributed by atoms with van der Waals surface area (Å²) in [5.74, 6) is -0.290. The molecule has 0 saturated carbocycles. The van der Waals surface area contributed by atoms with E-state index in [9.17, 15) is 14.0 Å². The van der Waals surface area contributed by atoms with Gasteiger partial charge >= 0.3 is 6.09 Å². The minimum atomic E-state index is -0.387. The molecule has 9 heteroatoms. The molecule has 1 unspecified atom stereocenters. The SMILES string of the molecule is CCOC(=O)N1CCCC(C(=O)Nc2c(-c3ccc(F)cc3)nc3sccn23)C1. The van der Waals surface area contributed by atoms with Gasteiger partial charge in [-0.2, -0.15) is 0 Å². The number of ether oxygens (including phenoxy) is 1. The van der Waals surface area contributed by atoms with E-state index in [2.05, 4.69) is 10.3 Å². The number of nitrogens with zero attached hydrogens (tertiary/aromatic N) is 3. The van der Waals surface area contributed by atoms with Crippen LogP contribution in [0.1, 0.15) is 19.8 Å². The summed E-state index contributed by atoms with van der Waals surface area (Å²) < 4.78 is 20.2. The van der Waals surface area contributed by atoms with E-state index < -0.39 is 0 Å². The number of imidazole rings is 1. The second-order valence-electron chi connectivity index (χ2n) is 6.84. The fraction of sp³-hybridized carbons (Fsp3) is 0.350. The molecular weight excluding hydrogens is 395 g/mol. The van der Waals surface area contributed by atoms with E-state index in [1.807, 2.05) is 16.0 Å². The first-order valence-corrected chi connectivity index (χ1v) is 10.4. The first-order chi connectivity index (χ1) is 14.1. The largest absolute Gasteiger partial charge is 0.450 e. The van der Waals surface area contributed by atoms with E-state index in [-0.39, 0.29) is 23.7 Å². The lowest BCUT2D eigenvalue weighted by molar-refractivity contribution is -0.121. The van der Waals surface area contributed by atoms with Crippen molar-refractivity contribution in [3.8, 4) is 11.3 Å². The highest BCUT2D eigenvalue weighted by Gasteiger charge is 2.30. The maximum atomic E-state index is 13.3. The Morgan fingerprint density at radius 2 is 2.14 bits per heavy atom. The van der Waals surface area contributed by atoms with Gasteiger partial charge in [-0.05, 0) is 44.0 Å². The van der Waals surface area contributed by atoms with Crippen LogP contribution in [-0.2, 0) is 9.53 Å². The van der Waals surface area contributed by atoms with Crippen molar-refractivity contribution in [1.29, 1.82) is 0 Å². The number of rotatable bonds is 4. The van der Waals surface area contributed by atoms with Gasteiger partial charge in [0.05, 0.1) is 12.5 Å². The molecule has 1 aliphatic rings. The van der Waals surface area contributed by atoms with Crippen LogP contribution in [0.25, 0.3) is 16.2 Å². The second-order valence-corrected chi connectivity index (χ2v) is 7.72. The maximum Gasteiger partial charge on any atom is 0.409 e. The molecule has 4 rings (SSSR count). The van der Waals surface area contributed by atoms with Gasteiger partial charge in [-0.1, -0.05) is 0 Å². The first kappa shape index (κ1) is 19.4. The normalized spacial score (nSPS) is 16.8. The van der Waals surface area contributed by atoms with Gasteiger partial charge in [-0.25, -0.2) is 14.2 Å². The number of likely N-dealkylation sites (tertiary alicyclic amines) is 1. The predicted molar refractivity (Wildman–Crippen MR) is 108 cm³/mol. The van der Waals surface area contributed by atoms with Crippen LogP contribution >= 0.6 is 11.3 Å². The molecule has 0 spiro atoms. The summed E-state index contributed by atoms with van der Waals surface area (Å²) in [4.78, 5) is 31.9. The molecule has 152 valence electrons. The number of hydrogen-bond acceptors (Lipinski definition) is 5. The highest BCUT2D eigenvalue weighted by atomic mass is 32.1. The lowest BCUT2D eigenvalue weighted by Gasteiger charge is -2.31. The number of piperidine rings is 1. The molecule has 3 aromatic rings. The zero-order valence-corrected chi connectivity index (χ0v) is 16.7. The van der Waals surface area contributed by atoms with Gasteiger partial charge in [-0.3, -0.25) is 9.20 Å². The molecule has 1 aromatic carbocycles. The minimum absolute atomic E-state index is 0.171. The van der Waals surface area contributed by atoms with Crippen LogP contribution in [0.2, 0.25) is 0 Å². The Kier molecular flexibility index (Phi) is 5.48. The number of hydrogen-bond donors (Lipinski definition) is 1. The number of anilines is 1. The van der Waals surface area contributed by atoms with Crippen molar-refractivity contribution in [2.24, 2.45) is 5.92 Å². The van der Waals surface area contributed by atoms with Crippen molar-refractivity contribution in [2.45, 2.75) is 19.8 Å². The number of benzene rings is 1. The Morgan fingerprint density at radius 3 is 2.90 bits per heavy atom. The first-order valence-electron chi connectivity index (χ1n) is 9.51. The lowest BCUT2D eigenvalue weighted by Crippen LogP contribution is -2.44. The van der Waals surface area contributed by atoms with Gasteiger partial charge in [0.1, 0.15) is 17.3 Å². The summed E-state index contributed by atoms with van der Waals surface area (Å²) in [5.41, 5.74) is 1.30. The standard InChI is InChI=1S/C20H21FN4O3S/c1-2-28-20(27)24-9-3-4-14(12-24)18(26)23-17-16(13-5-7-15(21)8-6-13)22-19-25(17)10-11-29-19/h5-8,10-11,14H,2-4,9,12H2,1H3,(H,23,26). The topological polar surface area (TPSA) is 75.9 Å². The number of amides is 2. The van der Waals surface area contributed by atoms with Gasteiger partial charge in [-0.15, -0.1) is 11.3 Å². The third kappa shape index (κ3) is 3.95. The van der Waals surface area contributed by atoms with Gasteiger partial charge < -0.3 is 15.0 Å². The van der Waals surface area contributed by atoms with E-state index in [0.29, 0.717) is 37.6 Å². The average Bonchev–Trinajstić information content (AvgIpc) is 3.31. The Hall–Kier alpha value is -2.94. The third-order valence-corrected chi connectivity index (χ3v) is 5.70. The fourth-order valence-corrected chi connectivity index (χ4v) is 4.22. The zero-order valence-electron chi connectivity index (χ0n) is 15.9. The molecule has 0 bridgehead atoms. The molecule has 0 radical (unpaired) electrons. The number of fused-ring (bicyclic) bond motifs is 1. The number of aromatic nitrogens is 2. The lowest BCUT2D eigenvalue weighted by atomic mass is 9.97. The molecule has 1 N–H and O–H groups in total. The fourth-order valence-electron chi connectivity index (χ4n) is 3.50. The van der Waals surface area contributed by atoms with Crippen molar-refractivity contribution in [3.05, 3.63) is 41.7 Å². The van der Waals surface area contributed by atoms with E-state index in [1.54, 1.807) is 24.0 Å². The van der Waals surface area contributed by atoms with E-state index >= 15 is 0 Å². The van der Waals surface area contributed by atoms with Crippen molar-refractivity contribution < 1.29 is 18.7 Å². The van der Waals surface area contributed by atoms with Crippen LogP contribution in [0.5, 0.6) is 0 Å². The summed E-state index contributed by atoms with van der Waals surface area (Å²) in [7, 11) is 0. The van der Waals surface area contributed by atoms with Crippen molar-refractivity contribution >= 4 is 34.1 Å². The quantitative estimate of drug-likeness (QED) is 0.697. The summed E-state index contributed by atoms with van der Waals surface area (Å²) >= 11 is 1.45. The van der Waals surface area contributed by atoms with Crippen LogP contribution in [-0.4, -0.2) is 46.0 Å². The number of nitrogens with one attached hydrogen (secondary N) is 1. The van der Waals surface area contributed by atoms with E-state index in [4.69, 9.17) is 4.74 Å². The zero-order chi connectivity index (χ0) is 20.4. The van der Waals surface area contributed by atoms with Crippen molar-refractivity contribution in [1.82, 2.24) is 14.3 Å². The number of halogens is 1. The van der Waals surface area contributed by atoms with Crippen LogP contribution in [0, 0.1) is 11.7 Å². The van der Waals surface area contributed by atoms with Crippen LogP contribution < -0.4 is 5.32 Å². The molecule has 3 heterocycles. The highest BCUT2D eigenvalue weighted by molar-refractivity contribution is 7.15. The number of carbonyl (C=O) groups is 2. The van der Waals surface area contributed by atoms with Gasteiger partial charge in [0.15, 0.2) is 4.96 Å². The molecule has 29 heavy (non-hydrogen) atoms. The number of thiazole rings is 1. The Labute approximate surface area is 171 Å². The van der Waals surface area contributed by atoms with Crippen molar-refractivity contribution in [2.75, 3.05) is 25.0 Å².